The maximum atomic E-state index is 11.9. The minimum absolute atomic E-state index is 0.181. The Morgan fingerprint density at radius 1 is 1.39 bits per heavy atom. The van der Waals surface area contributed by atoms with Gasteiger partial charge in [-0.25, -0.2) is 13.1 Å². The lowest BCUT2D eigenvalue weighted by molar-refractivity contribution is 0.0712. The predicted octanol–water partition coefficient (Wildman–Crippen LogP) is 0.501. The lowest BCUT2D eigenvalue weighted by Crippen LogP contribution is -2.47. The van der Waals surface area contributed by atoms with Crippen LogP contribution in [-0.4, -0.2) is 25.7 Å². The summed E-state index contributed by atoms with van der Waals surface area (Å²) in [7, 11) is -3.46. The Morgan fingerprint density at radius 3 is 2.67 bits per heavy atom. The summed E-state index contributed by atoms with van der Waals surface area (Å²) < 4.78 is 26.3. The molecule has 0 spiro atoms. The minimum Gasteiger partial charge on any atom is -0.393 e. The summed E-state index contributed by atoms with van der Waals surface area (Å²) >= 11 is 0. The van der Waals surface area contributed by atoms with Gasteiger partial charge in [-0.15, -0.1) is 0 Å². The number of aliphatic hydroxyl groups excluding tert-OH is 1. The summed E-state index contributed by atoms with van der Waals surface area (Å²) in [4.78, 5) is 0. The van der Waals surface area contributed by atoms with E-state index < -0.39 is 16.1 Å². The van der Waals surface area contributed by atoms with Gasteiger partial charge in [-0.3, -0.25) is 0 Å². The Bertz CT molecular complexity index is 571. The molecule has 1 aliphatic rings. The van der Waals surface area contributed by atoms with Gasteiger partial charge in [-0.05, 0) is 24.5 Å². The maximum Gasteiger partial charge on any atom is 0.216 e. The van der Waals surface area contributed by atoms with Crippen molar-refractivity contribution in [2.24, 2.45) is 0 Å². The molecule has 1 aromatic rings. The Balaban J connectivity index is 2.06. The normalized spacial score (nSPS) is 23.1. The molecule has 1 aromatic carbocycles. The van der Waals surface area contributed by atoms with Crippen molar-refractivity contribution in [2.75, 3.05) is 0 Å². The van der Waals surface area contributed by atoms with Crippen molar-refractivity contribution in [1.82, 2.24) is 4.72 Å². The summed E-state index contributed by atoms with van der Waals surface area (Å²) in [5, 5.41) is 18.0. The first kappa shape index (κ1) is 13.0. The van der Waals surface area contributed by atoms with Crippen LogP contribution < -0.4 is 4.72 Å². The molecule has 96 valence electrons. The third-order valence-corrected chi connectivity index (χ3v) is 4.33. The van der Waals surface area contributed by atoms with Crippen molar-refractivity contribution < 1.29 is 13.5 Å². The fourth-order valence-corrected chi connectivity index (χ4v) is 3.38. The summed E-state index contributed by atoms with van der Waals surface area (Å²) in [6.07, 6.45) is 0.516. The number of sulfonamides is 1. The Kier molecular flexibility index (Phi) is 3.66. The molecular weight excluding hydrogens is 252 g/mol. The molecule has 0 unspecified atom stereocenters. The molecule has 0 atom stereocenters. The molecule has 5 nitrogen and oxygen atoms in total. The number of aliphatic hydroxyl groups is 1. The molecule has 0 saturated heterocycles. The van der Waals surface area contributed by atoms with Crippen LogP contribution in [-0.2, 0) is 15.8 Å². The molecule has 6 heteroatoms. The number of hydrogen-bond acceptors (Lipinski definition) is 4. The third kappa shape index (κ3) is 3.07. The maximum absolute atomic E-state index is 11.9. The second-order valence-corrected chi connectivity index (χ2v) is 6.22. The minimum atomic E-state index is -3.46. The van der Waals surface area contributed by atoms with Gasteiger partial charge in [0.25, 0.3) is 0 Å². The second-order valence-electron chi connectivity index (χ2n) is 4.47. The fourth-order valence-electron chi connectivity index (χ4n) is 1.94. The van der Waals surface area contributed by atoms with Crippen molar-refractivity contribution in [1.29, 1.82) is 5.26 Å². The van der Waals surface area contributed by atoms with Gasteiger partial charge in [0.15, 0.2) is 0 Å². The number of nitrogens with zero attached hydrogens (tertiary/aromatic N) is 1. The number of nitriles is 1. The van der Waals surface area contributed by atoms with Gasteiger partial charge in [0.2, 0.25) is 10.0 Å². The number of hydrogen-bond donors (Lipinski definition) is 2. The van der Waals surface area contributed by atoms with Crippen LogP contribution in [0.1, 0.15) is 24.0 Å². The molecule has 1 fully saturated rings. The van der Waals surface area contributed by atoms with Gasteiger partial charge in [0.05, 0.1) is 23.5 Å². The van der Waals surface area contributed by atoms with E-state index in [0.29, 0.717) is 24.0 Å². The first-order valence-corrected chi connectivity index (χ1v) is 7.31. The zero-order chi connectivity index (χ0) is 13.2. The van der Waals surface area contributed by atoms with Gasteiger partial charge < -0.3 is 5.11 Å². The largest absolute Gasteiger partial charge is 0.393 e. The van der Waals surface area contributed by atoms with Crippen LogP contribution in [0.3, 0.4) is 0 Å². The Hall–Kier alpha value is -1.42. The molecule has 0 aromatic heterocycles. The van der Waals surface area contributed by atoms with E-state index in [1.165, 1.54) is 0 Å². The molecule has 0 bridgehead atoms. The Morgan fingerprint density at radius 2 is 2.06 bits per heavy atom. The van der Waals surface area contributed by atoms with Crippen molar-refractivity contribution in [3.05, 3.63) is 35.4 Å². The highest BCUT2D eigenvalue weighted by molar-refractivity contribution is 7.88. The highest BCUT2D eigenvalue weighted by Gasteiger charge is 2.30. The lowest BCUT2D eigenvalue weighted by Gasteiger charge is -2.31. The zero-order valence-corrected chi connectivity index (χ0v) is 10.5. The quantitative estimate of drug-likeness (QED) is 0.830. The molecule has 0 aliphatic heterocycles. The highest BCUT2D eigenvalue weighted by Crippen LogP contribution is 2.21. The molecule has 1 saturated carbocycles. The van der Waals surface area contributed by atoms with E-state index in [0.717, 1.165) is 0 Å². The molecule has 1 aliphatic carbocycles. The monoisotopic (exact) mass is 266 g/mol. The van der Waals surface area contributed by atoms with E-state index in [-0.39, 0.29) is 11.8 Å². The molecule has 0 radical (unpaired) electrons. The zero-order valence-electron chi connectivity index (χ0n) is 9.70. The van der Waals surface area contributed by atoms with Crippen LogP contribution >= 0.6 is 0 Å². The standard InChI is InChI=1S/C12H14N2O3S/c13-7-9-3-1-2-4-10(9)8-18(16,17)14-11-5-12(15)6-11/h1-4,11-12,14-15H,5-6,8H2. The first-order valence-electron chi connectivity index (χ1n) is 5.66. The van der Waals surface area contributed by atoms with Crippen LogP contribution in [0.15, 0.2) is 24.3 Å². The van der Waals surface area contributed by atoms with E-state index in [1.807, 2.05) is 6.07 Å². The van der Waals surface area contributed by atoms with E-state index >= 15 is 0 Å². The Labute approximate surface area is 106 Å². The number of benzene rings is 1. The summed E-state index contributed by atoms with van der Waals surface area (Å²) in [6.45, 7) is 0. The topological polar surface area (TPSA) is 90.2 Å². The average Bonchev–Trinajstić information content (AvgIpc) is 2.27. The number of nitrogens with one attached hydrogen (secondary N) is 1. The van der Waals surface area contributed by atoms with Crippen LogP contribution in [0.25, 0.3) is 0 Å². The summed E-state index contributed by atoms with van der Waals surface area (Å²) in [5.74, 6) is -0.205. The van der Waals surface area contributed by atoms with Gasteiger partial charge in [0.1, 0.15) is 0 Å². The molecule has 18 heavy (non-hydrogen) atoms. The second kappa shape index (κ2) is 5.06. The highest BCUT2D eigenvalue weighted by atomic mass is 32.2. The van der Waals surface area contributed by atoms with Gasteiger partial charge in [-0.1, -0.05) is 18.2 Å². The van der Waals surface area contributed by atoms with Crippen molar-refractivity contribution >= 4 is 10.0 Å². The van der Waals surface area contributed by atoms with E-state index in [1.54, 1.807) is 24.3 Å². The van der Waals surface area contributed by atoms with Crippen molar-refractivity contribution in [2.45, 2.75) is 30.7 Å². The van der Waals surface area contributed by atoms with Gasteiger partial charge >= 0.3 is 0 Å². The molecule has 0 amide bonds. The van der Waals surface area contributed by atoms with Crippen LogP contribution in [0.4, 0.5) is 0 Å². The third-order valence-electron chi connectivity index (χ3n) is 2.94. The van der Waals surface area contributed by atoms with E-state index in [9.17, 15) is 8.42 Å². The smallest absolute Gasteiger partial charge is 0.216 e. The van der Waals surface area contributed by atoms with Crippen LogP contribution in [0.2, 0.25) is 0 Å². The van der Waals surface area contributed by atoms with E-state index in [4.69, 9.17) is 10.4 Å². The lowest BCUT2D eigenvalue weighted by atomic mass is 9.91. The molecular formula is C12H14N2O3S. The summed E-state index contributed by atoms with van der Waals surface area (Å²) in [5.41, 5.74) is 0.865. The van der Waals surface area contributed by atoms with Crippen molar-refractivity contribution in [3.63, 3.8) is 0 Å². The fraction of sp³-hybridized carbons (Fsp3) is 0.417. The number of rotatable bonds is 4. The predicted molar refractivity (Wildman–Crippen MR) is 65.9 cm³/mol. The van der Waals surface area contributed by atoms with E-state index in [2.05, 4.69) is 4.72 Å². The summed E-state index contributed by atoms with van der Waals surface area (Å²) in [6, 6.07) is 8.43. The average molecular weight is 266 g/mol. The SMILES string of the molecule is N#Cc1ccccc1CS(=O)(=O)NC1CC(O)C1. The van der Waals surface area contributed by atoms with Gasteiger partial charge in [-0.2, -0.15) is 5.26 Å². The molecule has 2 N–H and O–H groups in total. The van der Waals surface area contributed by atoms with Crippen LogP contribution in [0, 0.1) is 11.3 Å². The van der Waals surface area contributed by atoms with Crippen molar-refractivity contribution in [3.8, 4) is 6.07 Å². The first-order chi connectivity index (χ1) is 8.50. The molecule has 0 heterocycles. The molecule has 2 rings (SSSR count). The van der Waals surface area contributed by atoms with Gasteiger partial charge in [0, 0.05) is 6.04 Å². The van der Waals surface area contributed by atoms with Crippen LogP contribution in [0.5, 0.6) is 0 Å².